The minimum absolute atomic E-state index is 1.10. The number of rotatable bonds is 4. The van der Waals surface area contributed by atoms with Crippen LogP contribution in [0.2, 0.25) is 0 Å². The minimum atomic E-state index is 1.10. The van der Waals surface area contributed by atoms with Gasteiger partial charge in [0.2, 0.25) is 0 Å². The molecule has 0 radical (unpaired) electrons. The van der Waals surface area contributed by atoms with Crippen LogP contribution in [-0.4, -0.2) is 9.13 Å². The lowest BCUT2D eigenvalue weighted by Gasteiger charge is -2.23. The molecule has 0 saturated carbocycles. The van der Waals surface area contributed by atoms with Crippen LogP contribution in [0.25, 0.3) is 11.4 Å². The number of benzene rings is 2. The second-order valence-electron chi connectivity index (χ2n) is 8.13. The summed E-state index contributed by atoms with van der Waals surface area (Å²) < 4.78 is 4.37. The minimum Gasteiger partial charge on any atom is -0.310 e. The Morgan fingerprint density at radius 3 is 1.15 bits per heavy atom. The highest BCUT2D eigenvalue weighted by Crippen LogP contribution is 2.28. The first-order valence-corrected chi connectivity index (χ1v) is 11.4. The Labute approximate surface area is 199 Å². The van der Waals surface area contributed by atoms with E-state index < -0.39 is 0 Å². The lowest BCUT2D eigenvalue weighted by atomic mass is 10.0. The van der Waals surface area contributed by atoms with Crippen molar-refractivity contribution in [3.05, 3.63) is 158 Å². The van der Waals surface area contributed by atoms with Crippen molar-refractivity contribution in [3.63, 3.8) is 0 Å². The van der Waals surface area contributed by atoms with E-state index in [1.165, 1.54) is 11.1 Å². The Bertz CT molecular complexity index is 1300. The van der Waals surface area contributed by atoms with Crippen LogP contribution in [-0.2, 0) is 0 Å². The summed E-state index contributed by atoms with van der Waals surface area (Å²) in [5.74, 6) is 2.20. The molecule has 0 N–H and O–H groups in total. The average Bonchev–Trinajstić information content (AvgIpc) is 3.61. The first kappa shape index (κ1) is 19.9. The topological polar surface area (TPSA) is 16.3 Å². The largest absolute Gasteiger partial charge is 0.310 e. The highest BCUT2D eigenvalue weighted by atomic mass is 15.2. The van der Waals surface area contributed by atoms with E-state index in [0.717, 1.165) is 23.0 Å². The molecule has 164 valence electrons. The molecule has 0 saturated heterocycles. The Morgan fingerprint density at radius 2 is 0.765 bits per heavy atom. The summed E-state index contributed by atoms with van der Waals surface area (Å²) in [6.07, 6.45) is 21.3. The second kappa shape index (κ2) is 8.68. The van der Waals surface area contributed by atoms with E-state index in [0.29, 0.717) is 0 Å². The molecule has 0 atom stereocenters. The Kier molecular flexibility index (Phi) is 5.09. The average molecular weight is 441 g/mol. The molecule has 0 unspecified atom stereocenters. The van der Waals surface area contributed by atoms with Crippen molar-refractivity contribution in [2.75, 3.05) is 9.80 Å². The van der Waals surface area contributed by atoms with E-state index in [-0.39, 0.29) is 0 Å². The molecule has 0 fully saturated rings. The molecule has 4 heteroatoms. The van der Waals surface area contributed by atoms with Crippen LogP contribution in [0.15, 0.2) is 158 Å². The summed E-state index contributed by atoms with van der Waals surface area (Å²) in [4.78, 5) is 4.29. The summed E-state index contributed by atoms with van der Waals surface area (Å²) in [6.45, 7) is 0. The fourth-order valence-electron chi connectivity index (χ4n) is 4.32. The maximum Gasteiger partial charge on any atom is 0.121 e. The maximum atomic E-state index is 2.19. The zero-order chi connectivity index (χ0) is 22.7. The summed E-state index contributed by atoms with van der Waals surface area (Å²) in [5, 5.41) is 0. The number of allylic oxidation sites excluding steroid dienone is 6. The van der Waals surface area contributed by atoms with Gasteiger partial charge in [-0.25, -0.2) is 0 Å². The van der Waals surface area contributed by atoms with Crippen LogP contribution in [0.5, 0.6) is 0 Å². The molecular weight excluding hydrogens is 416 g/mol. The van der Waals surface area contributed by atoms with Crippen molar-refractivity contribution < 1.29 is 0 Å². The van der Waals surface area contributed by atoms with Gasteiger partial charge in [-0.3, -0.25) is 0 Å². The van der Waals surface area contributed by atoms with Crippen LogP contribution in [0, 0.1) is 0 Å². The fraction of sp³-hybridized carbons (Fsp3) is 0. The van der Waals surface area contributed by atoms with Crippen LogP contribution >= 0.6 is 0 Å². The van der Waals surface area contributed by atoms with Gasteiger partial charge in [0.05, 0.1) is 0 Å². The molecule has 0 spiro atoms. The van der Waals surface area contributed by atoms with Gasteiger partial charge in [0, 0.05) is 48.6 Å². The number of aromatic nitrogens is 2. The molecule has 34 heavy (non-hydrogen) atoms. The van der Waals surface area contributed by atoms with Crippen molar-refractivity contribution in [3.8, 4) is 11.4 Å². The van der Waals surface area contributed by atoms with E-state index in [2.05, 4.69) is 153 Å². The first-order chi connectivity index (χ1) is 16.9. The Balaban J connectivity index is 1.21. The van der Waals surface area contributed by atoms with E-state index in [1.54, 1.807) is 0 Å². The van der Waals surface area contributed by atoms with E-state index in [9.17, 15) is 0 Å². The van der Waals surface area contributed by atoms with Crippen LogP contribution in [0.4, 0.5) is 11.6 Å². The molecule has 2 aliphatic rings. The van der Waals surface area contributed by atoms with Crippen LogP contribution < -0.4 is 9.80 Å². The third kappa shape index (κ3) is 3.71. The van der Waals surface area contributed by atoms with E-state index in [1.807, 2.05) is 12.1 Å². The summed E-state index contributed by atoms with van der Waals surface area (Å²) in [5.41, 5.74) is 4.65. The van der Waals surface area contributed by atoms with Gasteiger partial charge >= 0.3 is 0 Å². The van der Waals surface area contributed by atoms with Crippen LogP contribution in [0.1, 0.15) is 0 Å². The van der Waals surface area contributed by atoms with Gasteiger partial charge in [0.1, 0.15) is 11.6 Å². The number of para-hydroxylation sites is 2. The molecule has 2 aromatic heterocycles. The van der Waals surface area contributed by atoms with Gasteiger partial charge in [0.15, 0.2) is 0 Å². The highest BCUT2D eigenvalue weighted by Gasteiger charge is 2.13. The predicted molar refractivity (Wildman–Crippen MR) is 140 cm³/mol. The molecule has 0 bridgehead atoms. The van der Waals surface area contributed by atoms with Gasteiger partial charge in [0.25, 0.3) is 0 Å². The molecule has 2 aliphatic heterocycles. The van der Waals surface area contributed by atoms with Gasteiger partial charge in [-0.2, -0.15) is 0 Å². The number of nitrogens with zero attached hydrogens (tertiary/aromatic N) is 4. The third-order valence-electron chi connectivity index (χ3n) is 6.04. The van der Waals surface area contributed by atoms with E-state index in [4.69, 9.17) is 0 Å². The molecule has 4 heterocycles. The standard InChI is InChI=1S/C30H24N4/c1-3-9-27(10-4-1)33-19-7-13-29(33)31-21-15-25(16-22-31)26-17-23-32(24-18-26)30-14-8-20-34(30)28-11-5-2-6-12-28/h1-24H. The van der Waals surface area contributed by atoms with Gasteiger partial charge < -0.3 is 18.9 Å². The lowest BCUT2D eigenvalue weighted by Crippen LogP contribution is -2.15. The lowest BCUT2D eigenvalue weighted by molar-refractivity contribution is 1.03. The molecular formula is C30H24N4. The molecule has 0 amide bonds. The third-order valence-corrected chi connectivity index (χ3v) is 6.04. The molecule has 4 nitrogen and oxygen atoms in total. The quantitative estimate of drug-likeness (QED) is 0.341. The second-order valence-corrected chi connectivity index (χ2v) is 8.13. The monoisotopic (exact) mass is 440 g/mol. The van der Waals surface area contributed by atoms with Gasteiger partial charge in [-0.15, -0.1) is 0 Å². The smallest absolute Gasteiger partial charge is 0.121 e. The summed E-state index contributed by atoms with van der Waals surface area (Å²) in [7, 11) is 0. The summed E-state index contributed by atoms with van der Waals surface area (Å²) in [6, 6.07) is 29.2. The van der Waals surface area contributed by atoms with E-state index >= 15 is 0 Å². The van der Waals surface area contributed by atoms with Gasteiger partial charge in [-0.05, 0) is 84.0 Å². The zero-order valence-corrected chi connectivity index (χ0v) is 18.6. The molecule has 6 rings (SSSR count). The van der Waals surface area contributed by atoms with Crippen molar-refractivity contribution in [2.24, 2.45) is 0 Å². The highest BCUT2D eigenvalue weighted by molar-refractivity contribution is 5.62. The van der Waals surface area contributed by atoms with Crippen molar-refractivity contribution >= 4 is 11.6 Å². The number of hydrogen-bond donors (Lipinski definition) is 0. The van der Waals surface area contributed by atoms with Crippen LogP contribution in [0.3, 0.4) is 0 Å². The van der Waals surface area contributed by atoms with Crippen molar-refractivity contribution in [1.82, 2.24) is 9.13 Å². The maximum absolute atomic E-state index is 2.19. The molecule has 2 aromatic carbocycles. The Hall–Kier alpha value is -4.70. The molecule has 4 aromatic rings. The van der Waals surface area contributed by atoms with Crippen molar-refractivity contribution in [1.29, 1.82) is 0 Å². The molecule has 0 aliphatic carbocycles. The fourth-order valence-corrected chi connectivity index (χ4v) is 4.32. The number of hydrogen-bond acceptors (Lipinski definition) is 2. The SMILES string of the molecule is C1=CN(c2cccn2-c2ccccc2)C=CC1=C1C=CN(c2cccn2-c2ccccc2)C=C1. The zero-order valence-electron chi connectivity index (χ0n) is 18.6. The predicted octanol–water partition coefficient (Wildman–Crippen LogP) is 6.96. The Morgan fingerprint density at radius 1 is 0.382 bits per heavy atom. The first-order valence-electron chi connectivity index (χ1n) is 11.4. The van der Waals surface area contributed by atoms with Crippen molar-refractivity contribution in [2.45, 2.75) is 0 Å². The summed E-state index contributed by atoms with van der Waals surface area (Å²) >= 11 is 0. The normalized spacial score (nSPS) is 14.9. The van der Waals surface area contributed by atoms with Gasteiger partial charge in [-0.1, -0.05) is 36.4 Å². The number of anilines is 2.